The number of hydrogen-bond donors (Lipinski definition) is 1. The van der Waals surface area contributed by atoms with Crippen molar-refractivity contribution in [2.45, 2.75) is 44.7 Å². The van der Waals surface area contributed by atoms with E-state index >= 15 is 0 Å². The number of rotatable bonds is 6. The molecule has 0 spiro atoms. The fourth-order valence-electron chi connectivity index (χ4n) is 4.55. The second-order valence-corrected chi connectivity index (χ2v) is 8.25. The number of methoxy groups -OCH3 is 1. The fourth-order valence-corrected chi connectivity index (χ4v) is 4.55. The van der Waals surface area contributed by atoms with Crippen LogP contribution in [0.3, 0.4) is 0 Å². The normalized spacial score (nSPS) is 20.1. The van der Waals surface area contributed by atoms with E-state index < -0.39 is 0 Å². The first-order valence-corrected chi connectivity index (χ1v) is 10.6. The third kappa shape index (κ3) is 4.78. The molecule has 0 bridgehead atoms. The number of benzene rings is 2. The number of likely N-dealkylation sites (tertiary alicyclic amines) is 1. The van der Waals surface area contributed by atoms with Gasteiger partial charge < -0.3 is 10.1 Å². The molecule has 1 aliphatic carbocycles. The molecule has 1 heterocycles. The maximum absolute atomic E-state index is 13.7. The first-order valence-electron chi connectivity index (χ1n) is 10.6. The molecule has 4 nitrogen and oxygen atoms in total. The Morgan fingerprint density at radius 2 is 1.90 bits per heavy atom. The van der Waals surface area contributed by atoms with Crippen LogP contribution in [0.15, 0.2) is 42.5 Å². The molecule has 1 unspecified atom stereocenters. The van der Waals surface area contributed by atoms with E-state index in [1.165, 1.54) is 30.5 Å². The molecule has 0 radical (unpaired) electrons. The van der Waals surface area contributed by atoms with Crippen molar-refractivity contribution in [3.05, 3.63) is 53.8 Å². The highest BCUT2D eigenvalue weighted by molar-refractivity contribution is 5.79. The minimum Gasteiger partial charge on any atom is -0.496 e. The topological polar surface area (TPSA) is 41.6 Å². The van der Waals surface area contributed by atoms with Gasteiger partial charge in [-0.05, 0) is 48.6 Å². The molecular weight excluding hydrogens is 367 g/mol. The molecular formula is C24H29FN2O2. The van der Waals surface area contributed by atoms with Gasteiger partial charge in [0.05, 0.1) is 7.11 Å². The predicted octanol–water partition coefficient (Wildman–Crippen LogP) is 4.38. The van der Waals surface area contributed by atoms with Crippen LogP contribution >= 0.6 is 0 Å². The number of hydrogen-bond acceptors (Lipinski definition) is 3. The van der Waals surface area contributed by atoms with Gasteiger partial charge >= 0.3 is 0 Å². The van der Waals surface area contributed by atoms with Crippen molar-refractivity contribution in [2.75, 3.05) is 20.2 Å². The van der Waals surface area contributed by atoms with Gasteiger partial charge in [-0.15, -0.1) is 0 Å². The van der Waals surface area contributed by atoms with Crippen molar-refractivity contribution in [3.63, 3.8) is 0 Å². The Balaban J connectivity index is 1.34. The molecule has 1 N–H and O–H groups in total. The summed E-state index contributed by atoms with van der Waals surface area (Å²) in [5, 5.41) is 3.26. The molecule has 2 aliphatic rings. The Hall–Kier alpha value is -2.40. The van der Waals surface area contributed by atoms with Crippen LogP contribution in [0.4, 0.5) is 4.39 Å². The average molecular weight is 397 g/mol. The molecule has 2 fully saturated rings. The van der Waals surface area contributed by atoms with E-state index in [1.54, 1.807) is 13.2 Å². The van der Waals surface area contributed by atoms with Gasteiger partial charge in [0.15, 0.2) is 0 Å². The van der Waals surface area contributed by atoms with Gasteiger partial charge in [-0.3, -0.25) is 9.69 Å². The number of ether oxygens (including phenoxy) is 1. The molecule has 0 aromatic heterocycles. The quantitative estimate of drug-likeness (QED) is 0.788. The number of nitrogens with zero attached hydrogens (tertiary/aromatic N) is 1. The largest absolute Gasteiger partial charge is 0.496 e. The third-order valence-corrected chi connectivity index (χ3v) is 6.18. The fraction of sp³-hybridized carbons (Fsp3) is 0.458. The summed E-state index contributed by atoms with van der Waals surface area (Å²) in [7, 11) is 1.60. The van der Waals surface area contributed by atoms with Crippen molar-refractivity contribution < 1.29 is 13.9 Å². The maximum Gasteiger partial charge on any atom is 0.223 e. The van der Waals surface area contributed by atoms with E-state index in [9.17, 15) is 9.18 Å². The van der Waals surface area contributed by atoms with Crippen LogP contribution in [-0.2, 0) is 11.3 Å². The van der Waals surface area contributed by atoms with Crippen LogP contribution in [0.5, 0.6) is 5.75 Å². The molecule has 29 heavy (non-hydrogen) atoms. The first-order chi connectivity index (χ1) is 14.1. The monoisotopic (exact) mass is 396 g/mol. The number of nitrogens with one attached hydrogen (secondary N) is 1. The SMILES string of the molecule is COc1ccc(F)cc1-c1ccc(CN2CCC(NC(=O)C3CCCC3)C2)cc1. The standard InChI is InChI=1S/C24H29FN2O2/c1-29-23-11-10-20(25)14-22(23)18-8-6-17(7-9-18)15-27-13-12-21(16-27)26-24(28)19-4-2-3-5-19/h6-11,14,19,21H,2-5,12-13,15-16H2,1H3,(H,26,28). The summed E-state index contributed by atoms with van der Waals surface area (Å²) in [6, 6.07) is 13.0. The molecule has 2 aromatic carbocycles. The highest BCUT2D eigenvalue weighted by Crippen LogP contribution is 2.31. The lowest BCUT2D eigenvalue weighted by Gasteiger charge is -2.18. The minimum absolute atomic E-state index is 0.233. The summed E-state index contributed by atoms with van der Waals surface area (Å²) in [6.45, 7) is 2.75. The Bertz CT molecular complexity index is 846. The average Bonchev–Trinajstić information content (AvgIpc) is 3.41. The summed E-state index contributed by atoms with van der Waals surface area (Å²) in [4.78, 5) is 14.7. The number of carbonyl (C=O) groups excluding carboxylic acids is 1. The highest BCUT2D eigenvalue weighted by Gasteiger charge is 2.28. The van der Waals surface area contributed by atoms with Crippen molar-refractivity contribution in [2.24, 2.45) is 5.92 Å². The molecule has 4 rings (SSSR count). The van der Waals surface area contributed by atoms with Crippen molar-refractivity contribution in [3.8, 4) is 16.9 Å². The van der Waals surface area contributed by atoms with Gasteiger partial charge in [0.1, 0.15) is 11.6 Å². The number of carbonyl (C=O) groups is 1. The first kappa shape index (κ1) is 19.9. The second kappa shape index (κ2) is 8.95. The lowest BCUT2D eigenvalue weighted by atomic mass is 10.0. The zero-order valence-electron chi connectivity index (χ0n) is 17.0. The van der Waals surface area contributed by atoms with Gasteiger partial charge in [-0.25, -0.2) is 4.39 Å². The number of amides is 1. The van der Waals surface area contributed by atoms with Crippen molar-refractivity contribution >= 4 is 5.91 Å². The van der Waals surface area contributed by atoms with Crippen LogP contribution in [-0.4, -0.2) is 37.0 Å². The van der Waals surface area contributed by atoms with E-state index in [1.807, 2.05) is 12.1 Å². The molecule has 154 valence electrons. The van der Waals surface area contributed by atoms with Crippen LogP contribution in [0.25, 0.3) is 11.1 Å². The van der Waals surface area contributed by atoms with Gasteiger partial charge in [-0.1, -0.05) is 37.1 Å². The van der Waals surface area contributed by atoms with Gasteiger partial charge in [0.2, 0.25) is 5.91 Å². The van der Waals surface area contributed by atoms with Crippen molar-refractivity contribution in [1.29, 1.82) is 0 Å². The van der Waals surface area contributed by atoms with Gasteiger partial charge in [0, 0.05) is 37.2 Å². The minimum atomic E-state index is -0.271. The van der Waals surface area contributed by atoms with E-state index in [0.717, 1.165) is 50.0 Å². The Labute approximate surface area is 172 Å². The second-order valence-electron chi connectivity index (χ2n) is 8.25. The molecule has 1 saturated heterocycles. The Morgan fingerprint density at radius 3 is 2.62 bits per heavy atom. The third-order valence-electron chi connectivity index (χ3n) is 6.18. The van der Waals surface area contributed by atoms with Crippen LogP contribution in [0.1, 0.15) is 37.7 Å². The van der Waals surface area contributed by atoms with Gasteiger partial charge in [0.25, 0.3) is 0 Å². The molecule has 1 saturated carbocycles. The summed E-state index contributed by atoms with van der Waals surface area (Å²) in [5.41, 5.74) is 2.91. The highest BCUT2D eigenvalue weighted by atomic mass is 19.1. The van der Waals surface area contributed by atoms with Crippen LogP contribution in [0.2, 0.25) is 0 Å². The molecule has 1 amide bonds. The molecule has 1 aliphatic heterocycles. The Morgan fingerprint density at radius 1 is 1.14 bits per heavy atom. The lowest BCUT2D eigenvalue weighted by Crippen LogP contribution is -2.39. The van der Waals surface area contributed by atoms with Gasteiger partial charge in [-0.2, -0.15) is 0 Å². The van der Waals surface area contributed by atoms with E-state index in [2.05, 4.69) is 22.3 Å². The van der Waals surface area contributed by atoms with Crippen LogP contribution in [0, 0.1) is 11.7 Å². The summed E-state index contributed by atoms with van der Waals surface area (Å²) < 4.78 is 19.0. The summed E-state index contributed by atoms with van der Waals surface area (Å²) >= 11 is 0. The Kier molecular flexibility index (Phi) is 6.14. The summed E-state index contributed by atoms with van der Waals surface area (Å²) in [6.07, 6.45) is 5.48. The maximum atomic E-state index is 13.7. The van der Waals surface area contributed by atoms with Crippen molar-refractivity contribution in [1.82, 2.24) is 10.2 Å². The van der Waals surface area contributed by atoms with E-state index in [0.29, 0.717) is 5.75 Å². The van der Waals surface area contributed by atoms with E-state index in [-0.39, 0.29) is 23.7 Å². The smallest absolute Gasteiger partial charge is 0.223 e. The van der Waals surface area contributed by atoms with Crippen LogP contribution < -0.4 is 10.1 Å². The zero-order chi connectivity index (χ0) is 20.2. The number of halogens is 1. The molecule has 5 heteroatoms. The molecule has 2 aromatic rings. The molecule has 1 atom stereocenters. The van der Waals surface area contributed by atoms with E-state index in [4.69, 9.17) is 4.74 Å². The zero-order valence-corrected chi connectivity index (χ0v) is 17.0. The predicted molar refractivity (Wildman–Crippen MR) is 112 cm³/mol. The summed E-state index contributed by atoms with van der Waals surface area (Å²) in [5.74, 6) is 0.881. The lowest BCUT2D eigenvalue weighted by molar-refractivity contribution is -0.125.